The molecule has 5 atom stereocenters. The van der Waals surface area contributed by atoms with E-state index in [1.165, 1.54) is 40.8 Å². The second-order valence-corrected chi connectivity index (χ2v) is 16.7. The molecule has 276 valence electrons. The van der Waals surface area contributed by atoms with Crippen LogP contribution in [0.25, 0.3) is 0 Å². The van der Waals surface area contributed by atoms with Crippen molar-refractivity contribution in [2.75, 3.05) is 24.2 Å². The maximum absolute atomic E-state index is 15.5. The number of anilines is 1. The van der Waals surface area contributed by atoms with Gasteiger partial charge in [0, 0.05) is 60.5 Å². The average Bonchev–Trinajstić information content (AvgIpc) is 3.17. The van der Waals surface area contributed by atoms with Crippen LogP contribution in [0.3, 0.4) is 0 Å². The monoisotopic (exact) mass is 749 g/mol. The van der Waals surface area contributed by atoms with E-state index >= 15 is 4.39 Å². The van der Waals surface area contributed by atoms with Crippen molar-refractivity contribution in [1.29, 1.82) is 0 Å². The van der Waals surface area contributed by atoms with Gasteiger partial charge in [-0.05, 0) is 87.9 Å². The number of amides is 2. The first-order valence-corrected chi connectivity index (χ1v) is 18.8. The molecular formula is C36H43ClF3N5O5S. The Bertz CT molecular complexity index is 1840. The third-order valence-corrected chi connectivity index (χ3v) is 11.4. The van der Waals surface area contributed by atoms with Crippen LogP contribution in [-0.2, 0) is 31.9 Å². The fraction of sp³-hybridized carbons (Fsp3) is 0.472. The van der Waals surface area contributed by atoms with E-state index in [1.54, 1.807) is 49.9 Å². The minimum atomic E-state index is -3.64. The fourth-order valence-corrected chi connectivity index (χ4v) is 8.56. The Morgan fingerprint density at radius 2 is 1.75 bits per heavy atom. The highest BCUT2D eigenvalue weighted by Gasteiger charge is 2.44. The third kappa shape index (κ3) is 9.21. The largest absolute Gasteiger partial charge is 0.444 e. The number of fused-ring (bicyclic) bond motifs is 2. The summed E-state index contributed by atoms with van der Waals surface area (Å²) in [6.45, 7) is 6.19. The van der Waals surface area contributed by atoms with Gasteiger partial charge in [-0.3, -0.25) is 9.78 Å². The smallest absolute Gasteiger partial charge is 0.410 e. The lowest BCUT2D eigenvalue weighted by Gasteiger charge is -2.44. The van der Waals surface area contributed by atoms with Crippen molar-refractivity contribution in [2.45, 2.75) is 88.9 Å². The van der Waals surface area contributed by atoms with E-state index in [-0.39, 0.29) is 49.0 Å². The molecule has 0 aliphatic carbocycles. The predicted octanol–water partition coefficient (Wildman–Crippen LogP) is 6.43. The van der Waals surface area contributed by atoms with E-state index < -0.39 is 63.1 Å². The molecule has 3 heterocycles. The molecule has 2 aromatic carbocycles. The van der Waals surface area contributed by atoms with E-state index in [0.29, 0.717) is 29.0 Å². The van der Waals surface area contributed by atoms with Crippen LogP contribution < -0.4 is 11.1 Å². The van der Waals surface area contributed by atoms with Gasteiger partial charge in [0.1, 0.15) is 17.1 Å². The summed E-state index contributed by atoms with van der Waals surface area (Å²) in [6.07, 6.45) is 1.79. The Hall–Kier alpha value is -3.72. The molecule has 10 nitrogen and oxygen atoms in total. The molecule has 15 heteroatoms. The van der Waals surface area contributed by atoms with Crippen LogP contribution in [0.4, 0.5) is 23.7 Å². The molecule has 1 aromatic heterocycles. The number of nitrogens with two attached hydrogens (primary N) is 1. The molecule has 3 N–H and O–H groups in total. The van der Waals surface area contributed by atoms with Gasteiger partial charge in [-0.1, -0.05) is 35.9 Å². The van der Waals surface area contributed by atoms with Crippen LogP contribution in [0.2, 0.25) is 5.02 Å². The van der Waals surface area contributed by atoms with Crippen LogP contribution >= 0.6 is 11.6 Å². The van der Waals surface area contributed by atoms with Crippen molar-refractivity contribution in [3.8, 4) is 0 Å². The Labute approximate surface area is 301 Å². The molecule has 0 radical (unpaired) electrons. The first kappa shape index (κ1) is 38.5. The van der Waals surface area contributed by atoms with Gasteiger partial charge in [-0.2, -0.15) is 13.1 Å². The molecule has 1 unspecified atom stereocenters. The van der Waals surface area contributed by atoms with Crippen LogP contribution in [0.5, 0.6) is 0 Å². The Morgan fingerprint density at radius 1 is 1.06 bits per heavy atom. The number of ether oxygens (including phenoxy) is 1. The number of hydrogen-bond acceptors (Lipinski definition) is 7. The van der Waals surface area contributed by atoms with Crippen LogP contribution in [0.1, 0.15) is 75.3 Å². The number of nitrogens with zero attached hydrogens (tertiary/aromatic N) is 3. The summed E-state index contributed by atoms with van der Waals surface area (Å²) in [7, 11) is -3.64. The maximum atomic E-state index is 15.5. The molecular weight excluding hydrogens is 707 g/mol. The third-order valence-electron chi connectivity index (χ3n) is 9.16. The lowest BCUT2D eigenvalue weighted by Crippen LogP contribution is -2.60. The first-order chi connectivity index (χ1) is 23.8. The summed E-state index contributed by atoms with van der Waals surface area (Å²) in [6, 6.07) is 11.1. The number of rotatable bonds is 9. The number of pyridine rings is 1. The van der Waals surface area contributed by atoms with Gasteiger partial charge in [-0.15, -0.1) is 0 Å². The molecule has 2 aliphatic heterocycles. The van der Waals surface area contributed by atoms with E-state index in [1.807, 2.05) is 0 Å². The van der Waals surface area contributed by atoms with Crippen molar-refractivity contribution in [3.63, 3.8) is 0 Å². The van der Waals surface area contributed by atoms with Gasteiger partial charge in [0.05, 0.1) is 11.8 Å². The van der Waals surface area contributed by atoms with Gasteiger partial charge in [0.2, 0.25) is 15.9 Å². The van der Waals surface area contributed by atoms with Crippen molar-refractivity contribution in [3.05, 3.63) is 94.0 Å². The normalized spacial score (nSPS) is 21.7. The second-order valence-electron chi connectivity index (χ2n) is 14.2. The minimum Gasteiger partial charge on any atom is -0.444 e. The zero-order valence-electron chi connectivity index (χ0n) is 28.9. The lowest BCUT2D eigenvalue weighted by molar-refractivity contribution is -0.117. The molecule has 2 amide bonds. The summed E-state index contributed by atoms with van der Waals surface area (Å²) in [4.78, 5) is 32.5. The number of benzene rings is 2. The Kier molecular flexibility index (Phi) is 11.4. The minimum absolute atomic E-state index is 0.0261. The molecule has 2 fully saturated rings. The van der Waals surface area contributed by atoms with E-state index in [4.69, 9.17) is 22.1 Å². The summed E-state index contributed by atoms with van der Waals surface area (Å²) < 4.78 is 76.9. The fourth-order valence-electron chi connectivity index (χ4n) is 6.64. The SMILES string of the molecule is CC(C)(C)OC(=O)N1C[C@H](CCc2c(F)cccc2NC(=O)[C@@H](N)[C@@H](c2ccc(Cl)cc2)c2ccc(C(C)(F)F)nc2)N2C[C@H]1CCCS2(=O)=O. The topological polar surface area (TPSA) is 135 Å². The second kappa shape index (κ2) is 15.1. The number of piperazine rings is 1. The van der Waals surface area contributed by atoms with Gasteiger partial charge in [-0.25, -0.2) is 17.6 Å². The van der Waals surface area contributed by atoms with Crippen molar-refractivity contribution in [2.24, 2.45) is 5.73 Å². The van der Waals surface area contributed by atoms with Crippen LogP contribution in [0.15, 0.2) is 60.8 Å². The number of sulfonamides is 1. The lowest BCUT2D eigenvalue weighted by atomic mass is 9.85. The summed E-state index contributed by atoms with van der Waals surface area (Å²) in [5.74, 6) is -5.37. The quantitative estimate of drug-likeness (QED) is 0.258. The summed E-state index contributed by atoms with van der Waals surface area (Å²) >= 11 is 6.10. The van der Waals surface area contributed by atoms with Gasteiger partial charge >= 0.3 is 6.09 Å². The predicted molar refractivity (Wildman–Crippen MR) is 189 cm³/mol. The molecule has 3 aromatic rings. The zero-order chi connectivity index (χ0) is 37.3. The number of carbonyl (C=O) groups excluding carboxylic acids is 2. The molecule has 5 rings (SSSR count). The van der Waals surface area contributed by atoms with Crippen molar-refractivity contribution >= 4 is 39.3 Å². The number of alkyl halides is 2. The molecule has 51 heavy (non-hydrogen) atoms. The Morgan fingerprint density at radius 3 is 2.37 bits per heavy atom. The zero-order valence-corrected chi connectivity index (χ0v) is 30.5. The molecule has 0 spiro atoms. The van der Waals surface area contributed by atoms with Gasteiger partial charge in [0.25, 0.3) is 5.92 Å². The van der Waals surface area contributed by atoms with Gasteiger partial charge < -0.3 is 20.7 Å². The van der Waals surface area contributed by atoms with E-state index in [9.17, 15) is 26.8 Å². The number of aromatic nitrogens is 1. The van der Waals surface area contributed by atoms with E-state index in [2.05, 4.69) is 10.3 Å². The van der Waals surface area contributed by atoms with Crippen molar-refractivity contribution in [1.82, 2.24) is 14.2 Å². The number of halogens is 4. The summed E-state index contributed by atoms with van der Waals surface area (Å²) in [5, 5.41) is 3.18. The standard InChI is InChI=1S/C36H43ClF3N5O5S/c1-35(2,3)50-34(47)44-20-26(45-21-25(44)7-6-18-51(45,48)49)15-16-27-28(38)8-5-9-29(27)43-33(46)32(41)31(22-10-13-24(37)14-11-22)23-12-17-30(42-19-23)36(4,39)40/h5,8-14,17,19,25-26,31-32H,6-7,15-16,18,20-21,41H2,1-4H3,(H,43,46)/t25-,26+,31+,32+/m1/s1. The molecule has 2 bridgehead atoms. The highest BCUT2D eigenvalue weighted by atomic mass is 35.5. The molecule has 2 aliphatic rings. The van der Waals surface area contributed by atoms with Gasteiger partial charge in [0.15, 0.2) is 0 Å². The Balaban J connectivity index is 1.39. The van der Waals surface area contributed by atoms with Crippen molar-refractivity contribution < 1.29 is 35.9 Å². The van der Waals surface area contributed by atoms with E-state index in [0.717, 1.165) is 6.92 Å². The highest BCUT2D eigenvalue weighted by Crippen LogP contribution is 2.34. The molecule has 2 saturated heterocycles. The van der Waals surface area contributed by atoms with Crippen LogP contribution in [-0.4, -0.2) is 77.2 Å². The number of nitrogens with one attached hydrogen (secondary N) is 1. The molecule has 0 saturated carbocycles. The summed E-state index contributed by atoms with van der Waals surface area (Å²) in [5.41, 5.74) is 6.61. The highest BCUT2D eigenvalue weighted by molar-refractivity contribution is 7.89. The van der Waals surface area contributed by atoms with Crippen LogP contribution in [0, 0.1) is 5.82 Å². The average molecular weight is 750 g/mol. The first-order valence-electron chi connectivity index (χ1n) is 16.8. The number of hydrogen-bond donors (Lipinski definition) is 2. The number of carbonyl (C=O) groups is 2. The maximum Gasteiger partial charge on any atom is 0.410 e.